The Kier molecular flexibility index (Phi) is 2.92. The Labute approximate surface area is 73.8 Å². The maximum Gasteiger partial charge on any atom is 0.208 e. The lowest BCUT2D eigenvalue weighted by Crippen LogP contribution is -2.46. The summed E-state index contributed by atoms with van der Waals surface area (Å²) in [5.41, 5.74) is 2.62. The van der Waals surface area contributed by atoms with Crippen molar-refractivity contribution in [2.45, 2.75) is 26.3 Å². The topological polar surface area (TPSA) is 53.6 Å². The molecule has 0 aromatic heterocycles. The van der Waals surface area contributed by atoms with E-state index in [1.165, 1.54) is 6.42 Å². The van der Waals surface area contributed by atoms with Crippen molar-refractivity contribution in [3.8, 4) is 0 Å². The molecule has 0 radical (unpaired) electrons. The van der Waals surface area contributed by atoms with Gasteiger partial charge in [-0.05, 0) is 19.3 Å². The molecule has 3 N–H and O–H groups in total. The maximum absolute atomic E-state index is 5.35. The summed E-state index contributed by atoms with van der Waals surface area (Å²) < 4.78 is 0. The second-order valence-electron chi connectivity index (χ2n) is 3.53. The van der Waals surface area contributed by atoms with Gasteiger partial charge in [0.15, 0.2) is 0 Å². The molecular formula is C8H18N4. The highest BCUT2D eigenvalue weighted by Crippen LogP contribution is 2.21. The van der Waals surface area contributed by atoms with Crippen LogP contribution in [0.25, 0.3) is 0 Å². The SMILES string of the molecule is CN=C(NN)N1CC(C)CC1C. The van der Waals surface area contributed by atoms with Crippen molar-refractivity contribution in [2.75, 3.05) is 13.6 Å². The molecule has 1 aliphatic rings. The Hall–Kier alpha value is -0.770. The third-order valence-corrected chi connectivity index (χ3v) is 2.40. The van der Waals surface area contributed by atoms with Gasteiger partial charge in [0.05, 0.1) is 0 Å². The molecule has 1 saturated heterocycles. The lowest BCUT2D eigenvalue weighted by Gasteiger charge is -2.24. The average Bonchev–Trinajstić information content (AvgIpc) is 2.34. The fraction of sp³-hybridized carbons (Fsp3) is 0.875. The Morgan fingerprint density at radius 2 is 2.25 bits per heavy atom. The molecular weight excluding hydrogens is 152 g/mol. The molecule has 70 valence electrons. The van der Waals surface area contributed by atoms with Crippen LogP contribution in [0.5, 0.6) is 0 Å². The summed E-state index contributed by atoms with van der Waals surface area (Å²) in [6.07, 6.45) is 1.22. The minimum atomic E-state index is 0.551. The standard InChI is InChI=1S/C8H18N4/c1-6-4-7(2)12(5-6)8(10-3)11-9/h6-7H,4-5,9H2,1-3H3,(H,10,11). The van der Waals surface area contributed by atoms with Gasteiger partial charge in [0, 0.05) is 19.6 Å². The Bertz CT molecular complexity index is 178. The van der Waals surface area contributed by atoms with Crippen LogP contribution in [0, 0.1) is 5.92 Å². The van der Waals surface area contributed by atoms with E-state index in [0.717, 1.165) is 18.4 Å². The molecule has 2 unspecified atom stereocenters. The predicted octanol–water partition coefficient (Wildman–Crippen LogP) is 0.166. The molecule has 4 nitrogen and oxygen atoms in total. The number of hydrogen-bond acceptors (Lipinski definition) is 2. The van der Waals surface area contributed by atoms with Crippen molar-refractivity contribution < 1.29 is 0 Å². The maximum atomic E-state index is 5.35. The number of rotatable bonds is 0. The number of hydrogen-bond donors (Lipinski definition) is 2. The van der Waals surface area contributed by atoms with Gasteiger partial charge in [-0.1, -0.05) is 6.92 Å². The molecule has 2 atom stereocenters. The molecule has 1 fully saturated rings. The third kappa shape index (κ3) is 1.69. The van der Waals surface area contributed by atoms with E-state index in [4.69, 9.17) is 5.84 Å². The third-order valence-electron chi connectivity index (χ3n) is 2.40. The molecule has 4 heteroatoms. The van der Waals surface area contributed by atoms with Gasteiger partial charge in [0.1, 0.15) is 0 Å². The van der Waals surface area contributed by atoms with E-state index in [2.05, 4.69) is 29.2 Å². The quantitative estimate of drug-likeness (QED) is 0.236. The van der Waals surface area contributed by atoms with Crippen LogP contribution in [0.4, 0.5) is 0 Å². The predicted molar refractivity (Wildman–Crippen MR) is 50.6 cm³/mol. The Balaban J connectivity index is 2.63. The molecule has 0 amide bonds. The van der Waals surface area contributed by atoms with Gasteiger partial charge >= 0.3 is 0 Å². The first kappa shape index (κ1) is 9.32. The average molecular weight is 170 g/mol. The summed E-state index contributed by atoms with van der Waals surface area (Å²) in [5.74, 6) is 6.89. The summed E-state index contributed by atoms with van der Waals surface area (Å²) in [6.45, 7) is 5.50. The molecule has 1 heterocycles. The van der Waals surface area contributed by atoms with Crippen molar-refractivity contribution in [2.24, 2.45) is 16.8 Å². The molecule has 1 aliphatic heterocycles. The number of aliphatic imine (C=N–C) groups is 1. The number of likely N-dealkylation sites (tertiary alicyclic amines) is 1. The lowest BCUT2D eigenvalue weighted by atomic mass is 10.1. The van der Waals surface area contributed by atoms with Gasteiger partial charge in [-0.25, -0.2) is 5.84 Å². The van der Waals surface area contributed by atoms with Crippen LogP contribution in [-0.4, -0.2) is 30.5 Å². The highest BCUT2D eigenvalue weighted by atomic mass is 15.4. The van der Waals surface area contributed by atoms with Gasteiger partial charge in [-0.2, -0.15) is 0 Å². The van der Waals surface area contributed by atoms with E-state index in [1.807, 2.05) is 0 Å². The van der Waals surface area contributed by atoms with E-state index in [-0.39, 0.29) is 0 Å². The smallest absolute Gasteiger partial charge is 0.208 e. The Morgan fingerprint density at radius 1 is 1.58 bits per heavy atom. The van der Waals surface area contributed by atoms with E-state index >= 15 is 0 Å². The van der Waals surface area contributed by atoms with Gasteiger partial charge in [0.25, 0.3) is 0 Å². The van der Waals surface area contributed by atoms with Crippen LogP contribution in [0.15, 0.2) is 4.99 Å². The van der Waals surface area contributed by atoms with Crippen LogP contribution in [0.3, 0.4) is 0 Å². The summed E-state index contributed by atoms with van der Waals surface area (Å²) >= 11 is 0. The van der Waals surface area contributed by atoms with Gasteiger partial charge in [-0.15, -0.1) is 0 Å². The zero-order valence-corrected chi connectivity index (χ0v) is 8.04. The fourth-order valence-corrected chi connectivity index (χ4v) is 1.87. The molecule has 0 aromatic rings. The van der Waals surface area contributed by atoms with E-state index in [9.17, 15) is 0 Å². The van der Waals surface area contributed by atoms with Crippen molar-refractivity contribution >= 4 is 5.96 Å². The first-order valence-corrected chi connectivity index (χ1v) is 4.39. The summed E-state index contributed by atoms with van der Waals surface area (Å²) in [4.78, 5) is 6.29. The number of guanidine groups is 1. The Morgan fingerprint density at radius 3 is 2.58 bits per heavy atom. The van der Waals surface area contributed by atoms with Crippen LogP contribution in [-0.2, 0) is 0 Å². The van der Waals surface area contributed by atoms with E-state index in [1.54, 1.807) is 7.05 Å². The van der Waals surface area contributed by atoms with Crippen molar-refractivity contribution in [1.29, 1.82) is 0 Å². The summed E-state index contributed by atoms with van der Waals surface area (Å²) in [7, 11) is 1.75. The van der Waals surface area contributed by atoms with E-state index in [0.29, 0.717) is 6.04 Å². The minimum absolute atomic E-state index is 0.551. The van der Waals surface area contributed by atoms with Crippen LogP contribution < -0.4 is 11.3 Å². The molecule has 1 rings (SSSR count). The molecule has 0 spiro atoms. The zero-order valence-electron chi connectivity index (χ0n) is 8.04. The number of nitrogens with one attached hydrogen (secondary N) is 1. The van der Waals surface area contributed by atoms with Crippen molar-refractivity contribution in [3.63, 3.8) is 0 Å². The van der Waals surface area contributed by atoms with Gasteiger partial charge in [0.2, 0.25) is 5.96 Å². The van der Waals surface area contributed by atoms with Crippen LogP contribution >= 0.6 is 0 Å². The normalized spacial score (nSPS) is 31.0. The first-order valence-electron chi connectivity index (χ1n) is 4.39. The van der Waals surface area contributed by atoms with Crippen molar-refractivity contribution in [1.82, 2.24) is 10.3 Å². The molecule has 0 aromatic carbocycles. The second kappa shape index (κ2) is 3.76. The molecule has 0 aliphatic carbocycles. The highest BCUT2D eigenvalue weighted by molar-refractivity contribution is 5.79. The van der Waals surface area contributed by atoms with Gasteiger partial charge in [-0.3, -0.25) is 10.4 Å². The van der Waals surface area contributed by atoms with Crippen molar-refractivity contribution in [3.05, 3.63) is 0 Å². The van der Waals surface area contributed by atoms with Crippen LogP contribution in [0.1, 0.15) is 20.3 Å². The number of nitrogens with zero attached hydrogens (tertiary/aromatic N) is 2. The zero-order chi connectivity index (χ0) is 9.14. The number of hydrazine groups is 1. The molecule has 0 bridgehead atoms. The lowest BCUT2D eigenvalue weighted by molar-refractivity contribution is 0.396. The fourth-order valence-electron chi connectivity index (χ4n) is 1.87. The second-order valence-corrected chi connectivity index (χ2v) is 3.53. The molecule has 0 saturated carbocycles. The largest absolute Gasteiger partial charge is 0.339 e. The minimum Gasteiger partial charge on any atom is -0.339 e. The van der Waals surface area contributed by atoms with E-state index < -0.39 is 0 Å². The summed E-state index contributed by atoms with van der Waals surface area (Å²) in [6, 6.07) is 0.551. The highest BCUT2D eigenvalue weighted by Gasteiger charge is 2.27. The number of nitrogens with two attached hydrogens (primary N) is 1. The monoisotopic (exact) mass is 170 g/mol. The van der Waals surface area contributed by atoms with Gasteiger partial charge < -0.3 is 4.90 Å². The molecule has 12 heavy (non-hydrogen) atoms. The summed E-state index contributed by atoms with van der Waals surface area (Å²) in [5, 5.41) is 0. The first-order chi connectivity index (χ1) is 5.69. The van der Waals surface area contributed by atoms with Crippen LogP contribution in [0.2, 0.25) is 0 Å².